The first-order valence-corrected chi connectivity index (χ1v) is 19.1. The Labute approximate surface area is 328 Å². The quantitative estimate of drug-likeness (QED) is 0.0870. The zero-order valence-electron chi connectivity index (χ0n) is 31.0. The number of phenolic OH excluding ortho intramolecular Hbond substituents is 1. The average Bonchev–Trinajstić information content (AvgIpc) is 3.20. The van der Waals surface area contributed by atoms with Gasteiger partial charge in [0.05, 0.1) is 34.1 Å². The van der Waals surface area contributed by atoms with Crippen LogP contribution in [0.25, 0.3) is 10.8 Å². The predicted octanol–water partition coefficient (Wildman–Crippen LogP) is 14.1. The van der Waals surface area contributed by atoms with Crippen molar-refractivity contribution in [3.8, 4) is 5.75 Å². The van der Waals surface area contributed by atoms with Crippen LogP contribution in [0.15, 0.2) is 185 Å². The summed E-state index contributed by atoms with van der Waals surface area (Å²) in [4.78, 5) is -0.325. The van der Waals surface area contributed by atoms with Gasteiger partial charge in [-0.1, -0.05) is 36.4 Å². The van der Waals surface area contributed by atoms with Crippen molar-refractivity contribution in [3.63, 3.8) is 0 Å². The monoisotopic (exact) mass is 773 g/mol. The number of benzene rings is 7. The van der Waals surface area contributed by atoms with Crippen LogP contribution in [0.2, 0.25) is 0 Å². The molecule has 13 nitrogen and oxygen atoms in total. The zero-order chi connectivity index (χ0) is 39.9. The summed E-state index contributed by atoms with van der Waals surface area (Å²) in [6, 6.07) is 41.1. The van der Waals surface area contributed by atoms with E-state index in [1.165, 1.54) is 18.2 Å². The van der Waals surface area contributed by atoms with Crippen molar-refractivity contribution in [1.29, 1.82) is 0 Å². The molecule has 0 aromatic heterocycles. The van der Waals surface area contributed by atoms with Crippen LogP contribution in [-0.2, 0) is 10.1 Å². The predicted molar refractivity (Wildman–Crippen MR) is 222 cm³/mol. The highest BCUT2D eigenvalue weighted by molar-refractivity contribution is 7.86. The van der Waals surface area contributed by atoms with Crippen molar-refractivity contribution in [3.05, 3.63) is 156 Å². The Morgan fingerprint density at radius 1 is 0.456 bits per heavy atom. The molecule has 0 atom stereocenters. The molecule has 0 heterocycles. The molecule has 0 unspecified atom stereocenters. The maximum atomic E-state index is 11.6. The molecule has 0 spiro atoms. The lowest BCUT2D eigenvalue weighted by molar-refractivity contribution is 0.482. The van der Waals surface area contributed by atoms with Gasteiger partial charge in [0.25, 0.3) is 10.1 Å². The summed E-state index contributed by atoms with van der Waals surface area (Å²) in [5, 5.41) is 50.5. The lowest BCUT2D eigenvalue weighted by Gasteiger charge is -2.09. The zero-order valence-corrected chi connectivity index (χ0v) is 31.8. The van der Waals surface area contributed by atoms with Gasteiger partial charge in [0.2, 0.25) is 0 Å². The standard InChI is InChI=1S/C43H35N9O4S/c1-27-23-35(19-22-37(27)48-45-32-14-16-33(17-15-32)46-49-38-11-7-8-12-42(38)57(54,55)56)47-51-40-24-29(3)41(25-28(40)2)52-50-39-21-13-30-26-34(18-20-36(30)43(39)53)44-31-9-5-4-6-10-31/h4-26,44,53H,1-3H3,(H,54,55,56). The Balaban J connectivity index is 0.988. The highest BCUT2D eigenvalue weighted by Gasteiger charge is 2.14. The number of hydrogen-bond acceptors (Lipinski definition) is 12. The van der Waals surface area contributed by atoms with Crippen molar-refractivity contribution in [2.75, 3.05) is 5.32 Å². The van der Waals surface area contributed by atoms with Crippen LogP contribution in [0.4, 0.5) is 56.9 Å². The molecule has 0 aliphatic rings. The molecule has 0 aliphatic carbocycles. The number of anilines is 2. The van der Waals surface area contributed by atoms with E-state index in [1.807, 2.05) is 99.6 Å². The van der Waals surface area contributed by atoms with Crippen molar-refractivity contribution >= 4 is 77.8 Å². The Bertz CT molecular complexity index is 2840. The molecular formula is C43H35N9O4S. The fourth-order valence-electron chi connectivity index (χ4n) is 5.75. The van der Waals surface area contributed by atoms with Gasteiger partial charge in [0.1, 0.15) is 16.3 Å². The maximum absolute atomic E-state index is 11.6. The number of nitrogens with zero attached hydrogens (tertiary/aromatic N) is 8. The van der Waals surface area contributed by atoms with Crippen molar-refractivity contribution in [2.24, 2.45) is 40.9 Å². The van der Waals surface area contributed by atoms with Crippen LogP contribution in [0.3, 0.4) is 0 Å². The summed E-state index contributed by atoms with van der Waals surface area (Å²) >= 11 is 0. The highest BCUT2D eigenvalue weighted by Crippen LogP contribution is 2.38. The molecule has 3 N–H and O–H groups in total. The van der Waals surface area contributed by atoms with Gasteiger partial charge in [-0.05, 0) is 146 Å². The van der Waals surface area contributed by atoms with E-state index in [9.17, 15) is 18.1 Å². The molecule has 7 rings (SSSR count). The molecule has 0 saturated carbocycles. The third-order valence-electron chi connectivity index (χ3n) is 8.81. The number of phenols is 1. The SMILES string of the molecule is Cc1cc(N=Nc2cc(C)c(N=Nc3ccc4cc(Nc5ccccc5)ccc4c3O)cc2C)ccc1N=Nc1ccc(N=Nc2ccccc2S(=O)(=O)O)cc1. The summed E-state index contributed by atoms with van der Waals surface area (Å²) in [6.45, 7) is 5.75. The van der Waals surface area contributed by atoms with Gasteiger partial charge in [0.15, 0.2) is 5.75 Å². The second-order valence-corrected chi connectivity index (χ2v) is 14.4. The molecule has 7 aromatic carbocycles. The molecule has 57 heavy (non-hydrogen) atoms. The van der Waals surface area contributed by atoms with Crippen LogP contribution in [-0.4, -0.2) is 18.1 Å². The van der Waals surface area contributed by atoms with E-state index in [0.29, 0.717) is 45.2 Å². The minimum Gasteiger partial charge on any atom is -0.505 e. The molecule has 0 fully saturated rings. The van der Waals surface area contributed by atoms with Crippen LogP contribution in [0, 0.1) is 20.8 Å². The van der Waals surface area contributed by atoms with Crippen molar-refractivity contribution in [2.45, 2.75) is 25.7 Å². The van der Waals surface area contributed by atoms with Gasteiger partial charge in [0, 0.05) is 16.8 Å². The minimum absolute atomic E-state index is 0.0243. The number of fused-ring (bicyclic) bond motifs is 1. The van der Waals surface area contributed by atoms with Crippen LogP contribution in [0.1, 0.15) is 16.7 Å². The van der Waals surface area contributed by atoms with Gasteiger partial charge in [-0.2, -0.15) is 39.1 Å². The number of azo groups is 4. The van der Waals surface area contributed by atoms with E-state index in [4.69, 9.17) is 0 Å². The highest BCUT2D eigenvalue weighted by atomic mass is 32.2. The fraction of sp³-hybridized carbons (Fsp3) is 0.0698. The number of hydrogen-bond donors (Lipinski definition) is 3. The normalized spacial score (nSPS) is 12.1. The first-order valence-electron chi connectivity index (χ1n) is 17.6. The topological polar surface area (TPSA) is 186 Å². The Morgan fingerprint density at radius 3 is 1.65 bits per heavy atom. The molecular weight excluding hydrogens is 739 g/mol. The van der Waals surface area contributed by atoms with Crippen LogP contribution >= 0.6 is 0 Å². The van der Waals surface area contributed by atoms with Crippen molar-refractivity contribution < 1.29 is 18.1 Å². The van der Waals surface area contributed by atoms with E-state index in [-0.39, 0.29) is 16.3 Å². The molecule has 0 radical (unpaired) electrons. The number of aromatic hydroxyl groups is 1. The minimum atomic E-state index is -4.43. The Morgan fingerprint density at radius 2 is 0.982 bits per heavy atom. The second-order valence-electron chi connectivity index (χ2n) is 13.0. The lowest BCUT2D eigenvalue weighted by atomic mass is 10.1. The molecule has 7 aromatic rings. The first kappa shape index (κ1) is 38.0. The molecule has 0 aliphatic heterocycles. The summed E-state index contributed by atoms with van der Waals surface area (Å²) < 4.78 is 32.6. The summed E-state index contributed by atoms with van der Waals surface area (Å²) in [6.07, 6.45) is 0. The largest absolute Gasteiger partial charge is 0.505 e. The maximum Gasteiger partial charge on any atom is 0.296 e. The lowest BCUT2D eigenvalue weighted by Crippen LogP contribution is -1.97. The summed E-state index contributed by atoms with van der Waals surface area (Å²) in [7, 11) is -4.43. The van der Waals surface area contributed by atoms with Crippen LogP contribution < -0.4 is 5.32 Å². The first-order chi connectivity index (χ1) is 27.5. The van der Waals surface area contributed by atoms with E-state index in [1.54, 1.807) is 42.5 Å². The van der Waals surface area contributed by atoms with Gasteiger partial charge < -0.3 is 10.4 Å². The molecule has 0 amide bonds. The van der Waals surface area contributed by atoms with Crippen molar-refractivity contribution in [1.82, 2.24) is 0 Å². The number of rotatable bonds is 11. The molecule has 282 valence electrons. The molecule has 14 heteroatoms. The van der Waals surface area contributed by atoms with E-state index < -0.39 is 10.1 Å². The third kappa shape index (κ3) is 9.33. The number of nitrogens with one attached hydrogen (secondary N) is 1. The van der Waals surface area contributed by atoms with Gasteiger partial charge in [-0.25, -0.2) is 0 Å². The summed E-state index contributed by atoms with van der Waals surface area (Å²) in [5.41, 5.74) is 8.51. The summed E-state index contributed by atoms with van der Waals surface area (Å²) in [5.74, 6) is 0.0600. The third-order valence-corrected chi connectivity index (χ3v) is 9.71. The fourth-order valence-corrected chi connectivity index (χ4v) is 6.37. The van der Waals surface area contributed by atoms with E-state index in [0.717, 1.165) is 33.5 Å². The Kier molecular flexibility index (Phi) is 11.1. The van der Waals surface area contributed by atoms with E-state index >= 15 is 0 Å². The average molecular weight is 774 g/mol. The number of para-hydroxylation sites is 1. The van der Waals surface area contributed by atoms with Gasteiger partial charge in [-0.15, -0.1) is 10.2 Å². The number of aryl methyl sites for hydroxylation is 3. The van der Waals surface area contributed by atoms with E-state index in [2.05, 4.69) is 46.2 Å². The van der Waals surface area contributed by atoms with Crippen LogP contribution in [0.5, 0.6) is 5.75 Å². The molecule has 0 bridgehead atoms. The smallest absolute Gasteiger partial charge is 0.296 e. The second kappa shape index (κ2) is 16.6. The van der Waals surface area contributed by atoms with Gasteiger partial charge >= 0.3 is 0 Å². The van der Waals surface area contributed by atoms with Gasteiger partial charge in [-0.3, -0.25) is 4.55 Å². The Hall–Kier alpha value is -7.29. The molecule has 0 saturated heterocycles.